The van der Waals surface area contributed by atoms with Crippen molar-refractivity contribution in [2.75, 3.05) is 29.0 Å². The summed E-state index contributed by atoms with van der Waals surface area (Å²) in [5, 5.41) is 2.89. The molecule has 0 aromatic carbocycles. The van der Waals surface area contributed by atoms with Crippen molar-refractivity contribution in [3.05, 3.63) is 42.4 Å². The van der Waals surface area contributed by atoms with Gasteiger partial charge in [-0.05, 0) is 31.0 Å². The lowest BCUT2D eigenvalue weighted by atomic mass is 10.1. The molecule has 26 heavy (non-hydrogen) atoms. The fraction of sp³-hybridized carbons (Fsp3) is 0.278. The Kier molecular flexibility index (Phi) is 4.18. The Morgan fingerprint density at radius 1 is 1.35 bits per heavy atom. The second-order valence-electron chi connectivity index (χ2n) is 6.39. The van der Waals surface area contributed by atoms with E-state index >= 15 is 0 Å². The highest BCUT2D eigenvalue weighted by Crippen LogP contribution is 2.30. The molecule has 5 N–H and O–H groups in total. The lowest BCUT2D eigenvalue weighted by Gasteiger charge is -2.33. The number of nitrogens with one attached hydrogen (secondary N) is 1. The van der Waals surface area contributed by atoms with Gasteiger partial charge in [0.15, 0.2) is 5.58 Å². The van der Waals surface area contributed by atoms with Crippen LogP contribution in [0, 0.1) is 0 Å². The van der Waals surface area contributed by atoms with E-state index in [1.807, 2.05) is 6.07 Å². The first-order chi connectivity index (χ1) is 12.6. The molecule has 1 aliphatic heterocycles. The topological polar surface area (TPSA) is 123 Å². The molecular weight excluding hydrogens is 332 g/mol. The zero-order valence-corrected chi connectivity index (χ0v) is 14.2. The molecule has 8 heteroatoms. The third-order valence-electron chi connectivity index (χ3n) is 4.55. The number of hydrogen-bond donors (Lipinski definition) is 3. The predicted octanol–water partition coefficient (Wildman–Crippen LogP) is 1.98. The van der Waals surface area contributed by atoms with E-state index in [1.165, 1.54) is 0 Å². The quantitative estimate of drug-likeness (QED) is 0.658. The maximum atomic E-state index is 12.8. The highest BCUT2D eigenvalue weighted by Gasteiger charge is 2.23. The molecule has 3 aromatic heterocycles. The lowest BCUT2D eigenvalue weighted by Crippen LogP contribution is -2.43. The van der Waals surface area contributed by atoms with Gasteiger partial charge in [0.05, 0.1) is 17.6 Å². The number of furan rings is 1. The second-order valence-corrected chi connectivity index (χ2v) is 6.39. The van der Waals surface area contributed by atoms with Crippen LogP contribution >= 0.6 is 0 Å². The highest BCUT2D eigenvalue weighted by molar-refractivity contribution is 6.15. The standard InChI is InChI=1S/C18H20N6O2/c19-11-3-2-8-24(10-11)13-5-7-21-9-12(13)23-18(25)15-16-14(26-17(15)20)4-1-6-22-16/h1,4-7,9,11H,2-3,8,10,19-20H2,(H,23,25)/t11-/m1/s1. The molecule has 4 heterocycles. The summed E-state index contributed by atoms with van der Waals surface area (Å²) in [5.74, 6) is -0.336. The van der Waals surface area contributed by atoms with Crippen molar-refractivity contribution in [2.24, 2.45) is 5.73 Å². The van der Waals surface area contributed by atoms with Gasteiger partial charge in [-0.25, -0.2) is 0 Å². The van der Waals surface area contributed by atoms with Crippen LogP contribution in [0.2, 0.25) is 0 Å². The minimum absolute atomic E-state index is 0.0432. The molecule has 0 bridgehead atoms. The Morgan fingerprint density at radius 3 is 3.08 bits per heavy atom. The third-order valence-corrected chi connectivity index (χ3v) is 4.55. The van der Waals surface area contributed by atoms with E-state index in [9.17, 15) is 4.79 Å². The molecule has 134 valence electrons. The molecule has 1 amide bonds. The zero-order chi connectivity index (χ0) is 18.1. The van der Waals surface area contributed by atoms with Crippen molar-refractivity contribution in [1.29, 1.82) is 0 Å². The number of carbonyl (C=O) groups is 1. The molecule has 1 aliphatic rings. The number of nitrogens with zero attached hydrogens (tertiary/aromatic N) is 3. The molecule has 4 rings (SSSR count). The van der Waals surface area contributed by atoms with Gasteiger partial charge in [0.25, 0.3) is 5.91 Å². The summed E-state index contributed by atoms with van der Waals surface area (Å²) in [6.07, 6.45) is 6.94. The van der Waals surface area contributed by atoms with Gasteiger partial charge in [-0.1, -0.05) is 0 Å². The number of carbonyl (C=O) groups excluding carboxylic acids is 1. The Balaban J connectivity index is 1.65. The SMILES string of the molecule is Nc1oc2cccnc2c1C(=O)Nc1cnccc1N1CCC[C@@H](N)C1. The average molecular weight is 352 g/mol. The first-order valence-corrected chi connectivity index (χ1v) is 8.52. The van der Waals surface area contributed by atoms with Crippen LogP contribution in [0.1, 0.15) is 23.2 Å². The summed E-state index contributed by atoms with van der Waals surface area (Å²) in [6.45, 7) is 1.63. The number of nitrogens with two attached hydrogens (primary N) is 2. The number of anilines is 3. The monoisotopic (exact) mass is 352 g/mol. The van der Waals surface area contributed by atoms with E-state index in [1.54, 1.807) is 30.7 Å². The number of nitrogen functional groups attached to an aromatic ring is 1. The Bertz CT molecular complexity index is 954. The summed E-state index contributed by atoms with van der Waals surface area (Å²) in [6, 6.07) is 5.45. The van der Waals surface area contributed by atoms with E-state index in [4.69, 9.17) is 15.9 Å². The normalized spacial score (nSPS) is 17.4. The van der Waals surface area contributed by atoms with E-state index in [0.29, 0.717) is 16.8 Å². The molecular formula is C18H20N6O2. The molecule has 1 fully saturated rings. The van der Waals surface area contributed by atoms with Gasteiger partial charge in [0, 0.05) is 31.5 Å². The van der Waals surface area contributed by atoms with Crippen LogP contribution in [0.3, 0.4) is 0 Å². The predicted molar refractivity (Wildman–Crippen MR) is 100 cm³/mol. The van der Waals surface area contributed by atoms with Crippen LogP contribution in [0.15, 0.2) is 41.2 Å². The second kappa shape index (κ2) is 6.64. The molecule has 8 nitrogen and oxygen atoms in total. The summed E-state index contributed by atoms with van der Waals surface area (Å²) >= 11 is 0. The van der Waals surface area contributed by atoms with E-state index in [0.717, 1.165) is 31.6 Å². The van der Waals surface area contributed by atoms with Gasteiger partial charge >= 0.3 is 0 Å². The van der Waals surface area contributed by atoms with Crippen molar-refractivity contribution >= 4 is 34.3 Å². The van der Waals surface area contributed by atoms with E-state index in [2.05, 4.69) is 20.2 Å². The van der Waals surface area contributed by atoms with Crippen LogP contribution in [0.25, 0.3) is 11.1 Å². The van der Waals surface area contributed by atoms with Crippen molar-refractivity contribution in [2.45, 2.75) is 18.9 Å². The number of piperidine rings is 1. The summed E-state index contributed by atoms with van der Waals surface area (Å²) in [5.41, 5.74) is 14.6. The van der Waals surface area contributed by atoms with Crippen LogP contribution in [0.5, 0.6) is 0 Å². The molecule has 0 aliphatic carbocycles. The molecule has 0 radical (unpaired) electrons. The number of aromatic nitrogens is 2. The van der Waals surface area contributed by atoms with Gasteiger partial charge in [0.2, 0.25) is 5.88 Å². The summed E-state index contributed by atoms with van der Waals surface area (Å²) in [4.78, 5) is 23.4. The van der Waals surface area contributed by atoms with Crippen LogP contribution < -0.4 is 21.7 Å². The minimum Gasteiger partial charge on any atom is -0.438 e. The maximum Gasteiger partial charge on any atom is 0.263 e. The van der Waals surface area contributed by atoms with Crippen molar-refractivity contribution in [3.8, 4) is 0 Å². The van der Waals surface area contributed by atoms with Crippen molar-refractivity contribution < 1.29 is 9.21 Å². The molecule has 0 spiro atoms. The number of hydrogen-bond acceptors (Lipinski definition) is 7. The molecule has 0 unspecified atom stereocenters. The van der Waals surface area contributed by atoms with Gasteiger partial charge in [-0.15, -0.1) is 0 Å². The number of amides is 1. The van der Waals surface area contributed by atoms with Crippen molar-refractivity contribution in [1.82, 2.24) is 9.97 Å². The van der Waals surface area contributed by atoms with Gasteiger partial charge in [-0.3, -0.25) is 14.8 Å². The van der Waals surface area contributed by atoms with E-state index in [-0.39, 0.29) is 23.4 Å². The van der Waals surface area contributed by atoms with Crippen molar-refractivity contribution in [3.63, 3.8) is 0 Å². The molecule has 1 atom stereocenters. The number of fused-ring (bicyclic) bond motifs is 1. The smallest absolute Gasteiger partial charge is 0.263 e. The van der Waals surface area contributed by atoms with Crippen LogP contribution in [-0.2, 0) is 0 Å². The first kappa shape index (κ1) is 16.3. The Hall–Kier alpha value is -3.13. The van der Waals surface area contributed by atoms with E-state index < -0.39 is 0 Å². The third kappa shape index (κ3) is 2.95. The summed E-state index contributed by atoms with van der Waals surface area (Å²) < 4.78 is 5.43. The fourth-order valence-electron chi connectivity index (χ4n) is 3.34. The minimum atomic E-state index is -0.379. The number of pyridine rings is 2. The first-order valence-electron chi connectivity index (χ1n) is 8.52. The van der Waals surface area contributed by atoms with Gasteiger partial charge in [0.1, 0.15) is 11.1 Å². The largest absolute Gasteiger partial charge is 0.438 e. The average Bonchev–Trinajstić information content (AvgIpc) is 2.98. The number of rotatable bonds is 3. The van der Waals surface area contributed by atoms with Gasteiger partial charge in [-0.2, -0.15) is 0 Å². The Labute approximate surface area is 150 Å². The zero-order valence-electron chi connectivity index (χ0n) is 14.2. The van der Waals surface area contributed by atoms with Crippen LogP contribution in [-0.4, -0.2) is 35.0 Å². The highest BCUT2D eigenvalue weighted by atomic mass is 16.3. The maximum absolute atomic E-state index is 12.8. The Morgan fingerprint density at radius 2 is 2.23 bits per heavy atom. The molecule has 3 aromatic rings. The van der Waals surface area contributed by atoms with Gasteiger partial charge < -0.3 is 26.1 Å². The summed E-state index contributed by atoms with van der Waals surface area (Å²) in [7, 11) is 0. The fourth-order valence-corrected chi connectivity index (χ4v) is 3.34. The lowest BCUT2D eigenvalue weighted by molar-refractivity contribution is 0.102. The molecule has 1 saturated heterocycles. The molecule has 0 saturated carbocycles. The van der Waals surface area contributed by atoms with Crippen LogP contribution in [0.4, 0.5) is 17.3 Å².